The lowest BCUT2D eigenvalue weighted by Crippen LogP contribution is -2.20. The molecule has 1 aliphatic heterocycles. The molecule has 1 rings (SSSR count). The van der Waals surface area contributed by atoms with Crippen LogP contribution in [0.15, 0.2) is 12.4 Å². The molecule has 46 valence electrons. The average molecular weight is 112 g/mol. The van der Waals surface area contributed by atoms with Crippen molar-refractivity contribution >= 4 is 0 Å². The molecule has 0 bridgehead atoms. The van der Waals surface area contributed by atoms with Gasteiger partial charge < -0.3 is 10.6 Å². The molecule has 2 N–H and O–H groups in total. The van der Waals surface area contributed by atoms with Crippen LogP contribution >= 0.6 is 0 Å². The minimum atomic E-state index is 0.626. The van der Waals surface area contributed by atoms with Gasteiger partial charge in [-0.2, -0.15) is 0 Å². The van der Waals surface area contributed by atoms with Gasteiger partial charge in [-0.15, -0.1) is 0 Å². The van der Waals surface area contributed by atoms with Gasteiger partial charge in [-0.3, -0.25) is 0 Å². The van der Waals surface area contributed by atoms with Gasteiger partial charge in [0.1, 0.15) is 0 Å². The van der Waals surface area contributed by atoms with Crippen LogP contribution in [0.2, 0.25) is 0 Å². The highest BCUT2D eigenvalue weighted by Crippen LogP contribution is 1.90. The highest BCUT2D eigenvalue weighted by molar-refractivity contribution is 4.83. The summed E-state index contributed by atoms with van der Waals surface area (Å²) in [6.45, 7) is 3.27. The van der Waals surface area contributed by atoms with Gasteiger partial charge >= 0.3 is 0 Å². The van der Waals surface area contributed by atoms with Crippen LogP contribution in [0.1, 0.15) is 13.3 Å². The van der Waals surface area contributed by atoms with Crippen LogP contribution in [0, 0.1) is 0 Å². The lowest BCUT2D eigenvalue weighted by atomic mass is 10.2. The van der Waals surface area contributed by atoms with Crippen molar-refractivity contribution in [3.05, 3.63) is 12.4 Å². The summed E-state index contributed by atoms with van der Waals surface area (Å²) >= 11 is 0. The second-order valence-electron chi connectivity index (χ2n) is 2.14. The van der Waals surface area contributed by atoms with Crippen molar-refractivity contribution < 1.29 is 0 Å². The number of rotatable bonds is 0. The Morgan fingerprint density at radius 2 is 2.38 bits per heavy atom. The summed E-state index contributed by atoms with van der Waals surface area (Å²) in [5, 5.41) is 6.34. The first-order valence-corrected chi connectivity index (χ1v) is 3.04. The Labute approximate surface area is 50.0 Å². The number of nitrogens with one attached hydrogen (secondary N) is 2. The van der Waals surface area contributed by atoms with E-state index in [0.717, 1.165) is 6.54 Å². The van der Waals surface area contributed by atoms with Crippen LogP contribution < -0.4 is 10.6 Å². The van der Waals surface area contributed by atoms with Crippen LogP contribution in [0.4, 0.5) is 0 Å². The fraction of sp³-hybridized carbons (Fsp3) is 0.667. The Morgan fingerprint density at radius 3 is 3.25 bits per heavy atom. The van der Waals surface area contributed by atoms with E-state index < -0.39 is 0 Å². The fourth-order valence-corrected chi connectivity index (χ4v) is 0.738. The van der Waals surface area contributed by atoms with Crippen molar-refractivity contribution in [1.82, 2.24) is 10.6 Å². The molecule has 1 atom stereocenters. The normalized spacial score (nSPS) is 27.9. The molecule has 0 aromatic carbocycles. The molecule has 0 saturated carbocycles. The van der Waals surface area contributed by atoms with E-state index in [1.165, 1.54) is 6.42 Å². The molecule has 0 aromatic rings. The minimum absolute atomic E-state index is 0.626. The van der Waals surface area contributed by atoms with Crippen LogP contribution in [-0.4, -0.2) is 12.6 Å². The van der Waals surface area contributed by atoms with Crippen LogP contribution in [0.5, 0.6) is 0 Å². The second-order valence-corrected chi connectivity index (χ2v) is 2.14. The van der Waals surface area contributed by atoms with Crippen molar-refractivity contribution in [2.45, 2.75) is 19.4 Å². The van der Waals surface area contributed by atoms with E-state index in [2.05, 4.69) is 17.6 Å². The van der Waals surface area contributed by atoms with E-state index in [1.807, 2.05) is 12.4 Å². The number of hydrogen-bond donors (Lipinski definition) is 2. The molecule has 0 amide bonds. The predicted molar refractivity (Wildman–Crippen MR) is 34.4 cm³/mol. The zero-order chi connectivity index (χ0) is 5.82. The van der Waals surface area contributed by atoms with Crippen molar-refractivity contribution in [3.8, 4) is 0 Å². The van der Waals surface area contributed by atoms with Gasteiger partial charge in [-0.25, -0.2) is 0 Å². The maximum Gasteiger partial charge on any atom is 0.0244 e. The molecule has 8 heavy (non-hydrogen) atoms. The summed E-state index contributed by atoms with van der Waals surface area (Å²) < 4.78 is 0. The third kappa shape index (κ3) is 1.45. The molecule has 1 aliphatic rings. The lowest BCUT2D eigenvalue weighted by Gasteiger charge is -2.05. The van der Waals surface area contributed by atoms with Gasteiger partial charge in [-0.1, -0.05) is 0 Å². The molecule has 0 saturated heterocycles. The maximum absolute atomic E-state index is 3.20. The first-order valence-electron chi connectivity index (χ1n) is 3.04. The summed E-state index contributed by atoms with van der Waals surface area (Å²) in [5.41, 5.74) is 0. The standard InChI is InChI=1S/C6H12N2/c1-6-2-3-7-4-5-8-6/h4-8H,2-3H2,1H3. The molecule has 2 heteroatoms. The van der Waals surface area contributed by atoms with E-state index in [-0.39, 0.29) is 0 Å². The zero-order valence-corrected chi connectivity index (χ0v) is 5.15. The Bertz CT molecular complexity index is 88.5. The topological polar surface area (TPSA) is 24.1 Å². The molecule has 0 aromatic heterocycles. The molecule has 0 radical (unpaired) electrons. The summed E-state index contributed by atoms with van der Waals surface area (Å²) in [4.78, 5) is 0. The van der Waals surface area contributed by atoms with Gasteiger partial charge in [0, 0.05) is 25.0 Å². The smallest absolute Gasteiger partial charge is 0.0244 e. The summed E-state index contributed by atoms with van der Waals surface area (Å²) in [6.07, 6.45) is 5.11. The highest BCUT2D eigenvalue weighted by Gasteiger charge is 1.97. The molecule has 0 fully saturated rings. The van der Waals surface area contributed by atoms with Crippen LogP contribution in [0.3, 0.4) is 0 Å². The first-order chi connectivity index (χ1) is 3.89. The third-order valence-corrected chi connectivity index (χ3v) is 1.30. The Balaban J connectivity index is 2.30. The zero-order valence-electron chi connectivity index (χ0n) is 5.15. The fourth-order valence-electron chi connectivity index (χ4n) is 0.738. The Morgan fingerprint density at radius 1 is 1.50 bits per heavy atom. The molecule has 0 spiro atoms. The molecule has 1 heterocycles. The van der Waals surface area contributed by atoms with Gasteiger partial charge in [-0.05, 0) is 13.3 Å². The number of hydrogen-bond acceptors (Lipinski definition) is 2. The highest BCUT2D eigenvalue weighted by atomic mass is 14.9. The SMILES string of the molecule is CC1CCNC=CN1. The quantitative estimate of drug-likeness (QED) is 0.475. The van der Waals surface area contributed by atoms with E-state index in [1.54, 1.807) is 0 Å². The molecular formula is C6H12N2. The van der Waals surface area contributed by atoms with Crippen molar-refractivity contribution in [1.29, 1.82) is 0 Å². The summed E-state index contributed by atoms with van der Waals surface area (Å²) in [6, 6.07) is 0.626. The van der Waals surface area contributed by atoms with Crippen molar-refractivity contribution in [2.75, 3.05) is 6.54 Å². The average Bonchev–Trinajstić information content (AvgIpc) is 1.94. The lowest BCUT2D eigenvalue weighted by molar-refractivity contribution is 0.594. The van der Waals surface area contributed by atoms with E-state index in [0.29, 0.717) is 6.04 Å². The molecular weight excluding hydrogens is 100 g/mol. The third-order valence-electron chi connectivity index (χ3n) is 1.30. The maximum atomic E-state index is 3.20. The Kier molecular flexibility index (Phi) is 1.78. The largest absolute Gasteiger partial charge is 0.390 e. The van der Waals surface area contributed by atoms with Crippen LogP contribution in [0.25, 0.3) is 0 Å². The predicted octanol–water partition coefficient (Wildman–Crippen LogP) is 0.429. The molecule has 1 unspecified atom stereocenters. The van der Waals surface area contributed by atoms with Crippen molar-refractivity contribution in [3.63, 3.8) is 0 Å². The van der Waals surface area contributed by atoms with E-state index in [4.69, 9.17) is 0 Å². The molecule has 0 aliphatic carbocycles. The molecule has 2 nitrogen and oxygen atoms in total. The van der Waals surface area contributed by atoms with Gasteiger partial charge in [0.05, 0.1) is 0 Å². The second kappa shape index (κ2) is 2.60. The summed E-state index contributed by atoms with van der Waals surface area (Å²) in [7, 11) is 0. The van der Waals surface area contributed by atoms with Crippen molar-refractivity contribution in [2.24, 2.45) is 0 Å². The Hall–Kier alpha value is -0.660. The van der Waals surface area contributed by atoms with Crippen LogP contribution in [-0.2, 0) is 0 Å². The van der Waals surface area contributed by atoms with E-state index in [9.17, 15) is 0 Å². The monoisotopic (exact) mass is 112 g/mol. The minimum Gasteiger partial charge on any atom is -0.390 e. The van der Waals surface area contributed by atoms with Gasteiger partial charge in [0.15, 0.2) is 0 Å². The van der Waals surface area contributed by atoms with Gasteiger partial charge in [0.25, 0.3) is 0 Å². The summed E-state index contributed by atoms with van der Waals surface area (Å²) in [5.74, 6) is 0. The van der Waals surface area contributed by atoms with E-state index >= 15 is 0 Å². The van der Waals surface area contributed by atoms with Gasteiger partial charge in [0.2, 0.25) is 0 Å². The first kappa shape index (κ1) is 5.48.